The molecular weight excluding hydrogens is 213 g/mol. The minimum absolute atomic E-state index is 0.103. The van der Waals surface area contributed by atoms with Crippen LogP contribution in [0.4, 0.5) is 10.1 Å². The highest BCUT2D eigenvalue weighted by Crippen LogP contribution is 2.30. The number of carbonyl (C=O) groups excluding carboxylic acids is 2. The van der Waals surface area contributed by atoms with Gasteiger partial charge in [-0.05, 0) is 12.5 Å². The number of hydrogen-bond donors (Lipinski definition) is 1. The highest BCUT2D eigenvalue weighted by Gasteiger charge is 2.16. The molecule has 4 nitrogen and oxygen atoms in total. The van der Waals surface area contributed by atoms with Crippen molar-refractivity contribution in [1.29, 1.82) is 0 Å². The number of benzene rings is 1. The quantitative estimate of drug-likeness (QED) is 0.799. The van der Waals surface area contributed by atoms with Gasteiger partial charge in [0.05, 0.1) is 12.7 Å². The number of nitrogens with one attached hydrogen (secondary N) is 1. The third kappa shape index (κ3) is 2.18. The molecule has 86 valence electrons. The van der Waals surface area contributed by atoms with Crippen LogP contribution >= 0.6 is 0 Å². The van der Waals surface area contributed by atoms with Gasteiger partial charge in [-0.1, -0.05) is 0 Å². The summed E-state index contributed by atoms with van der Waals surface area (Å²) in [6.45, 7) is 2.92. The van der Waals surface area contributed by atoms with Crippen molar-refractivity contribution in [3.63, 3.8) is 0 Å². The van der Waals surface area contributed by atoms with Crippen molar-refractivity contribution in [2.24, 2.45) is 0 Å². The Kier molecular flexibility index (Phi) is 3.60. The molecule has 0 aliphatic rings. The summed E-state index contributed by atoms with van der Waals surface area (Å²) in [5.41, 5.74) is 0.850. The molecule has 0 heterocycles. The van der Waals surface area contributed by atoms with Crippen molar-refractivity contribution in [3.8, 4) is 5.75 Å². The molecule has 0 unspecified atom stereocenters. The number of carbonyl (C=O) groups is 2. The number of anilines is 1. The lowest BCUT2D eigenvalue weighted by Crippen LogP contribution is -2.09. The van der Waals surface area contributed by atoms with Crippen LogP contribution in [0.5, 0.6) is 5.75 Å². The van der Waals surface area contributed by atoms with Gasteiger partial charge >= 0.3 is 0 Å². The van der Waals surface area contributed by atoms with E-state index >= 15 is 0 Å². The van der Waals surface area contributed by atoms with Gasteiger partial charge < -0.3 is 10.1 Å². The third-order valence-electron chi connectivity index (χ3n) is 2.17. The van der Waals surface area contributed by atoms with E-state index in [-0.39, 0.29) is 22.9 Å². The summed E-state index contributed by atoms with van der Waals surface area (Å²) in [6, 6.07) is 1.13. The Morgan fingerprint density at radius 1 is 1.56 bits per heavy atom. The molecule has 0 saturated heterocycles. The largest absolute Gasteiger partial charge is 0.493 e. The lowest BCUT2D eigenvalue weighted by molar-refractivity contribution is -0.114. The number of aldehydes is 1. The standard InChI is InChI=1S/C11H12FNO3/c1-6-8(5-14)11(16-3)9(12)4-10(6)13-7(2)15/h4-5H,1-3H3,(H,13,15). The van der Waals surface area contributed by atoms with Crippen molar-refractivity contribution < 1.29 is 18.7 Å². The van der Waals surface area contributed by atoms with Crippen LogP contribution in [0.3, 0.4) is 0 Å². The Morgan fingerprint density at radius 2 is 2.19 bits per heavy atom. The molecule has 0 aliphatic carbocycles. The van der Waals surface area contributed by atoms with Crippen LogP contribution in [0.25, 0.3) is 0 Å². The van der Waals surface area contributed by atoms with Crippen LogP contribution in [0, 0.1) is 12.7 Å². The van der Waals surface area contributed by atoms with Gasteiger partial charge in [-0.2, -0.15) is 0 Å². The first-order valence-electron chi connectivity index (χ1n) is 4.61. The van der Waals surface area contributed by atoms with Gasteiger partial charge in [0, 0.05) is 18.7 Å². The van der Waals surface area contributed by atoms with E-state index in [2.05, 4.69) is 5.32 Å². The first kappa shape index (κ1) is 12.2. The molecule has 16 heavy (non-hydrogen) atoms. The summed E-state index contributed by atoms with van der Waals surface area (Å²) < 4.78 is 18.3. The normalized spacial score (nSPS) is 9.75. The van der Waals surface area contributed by atoms with Gasteiger partial charge in [0.15, 0.2) is 17.9 Å². The minimum atomic E-state index is -0.682. The summed E-state index contributed by atoms with van der Waals surface area (Å²) in [7, 11) is 1.28. The molecule has 0 spiro atoms. The highest BCUT2D eigenvalue weighted by molar-refractivity contribution is 5.93. The van der Waals surface area contributed by atoms with E-state index in [0.717, 1.165) is 6.07 Å². The second-order valence-electron chi connectivity index (χ2n) is 3.28. The fourth-order valence-corrected chi connectivity index (χ4v) is 1.41. The zero-order valence-corrected chi connectivity index (χ0v) is 9.26. The Bertz CT molecular complexity index is 443. The maximum atomic E-state index is 13.5. The van der Waals surface area contributed by atoms with Crippen molar-refractivity contribution >= 4 is 17.9 Å². The van der Waals surface area contributed by atoms with Crippen LogP contribution in [0.15, 0.2) is 6.07 Å². The molecule has 1 rings (SSSR count). The fourth-order valence-electron chi connectivity index (χ4n) is 1.41. The molecule has 1 amide bonds. The first-order valence-corrected chi connectivity index (χ1v) is 4.61. The zero-order valence-electron chi connectivity index (χ0n) is 9.26. The Labute approximate surface area is 92.4 Å². The second kappa shape index (κ2) is 4.74. The fraction of sp³-hybridized carbons (Fsp3) is 0.273. The minimum Gasteiger partial charge on any atom is -0.493 e. The van der Waals surface area contributed by atoms with Crippen LogP contribution in [-0.4, -0.2) is 19.3 Å². The van der Waals surface area contributed by atoms with E-state index in [1.807, 2.05) is 0 Å². The summed E-state index contributed by atoms with van der Waals surface area (Å²) >= 11 is 0. The molecule has 1 aromatic rings. The summed E-state index contributed by atoms with van der Waals surface area (Å²) in [5, 5.41) is 2.45. The maximum Gasteiger partial charge on any atom is 0.221 e. The van der Waals surface area contributed by atoms with E-state index in [1.54, 1.807) is 6.92 Å². The number of methoxy groups -OCH3 is 1. The molecule has 0 radical (unpaired) electrons. The van der Waals surface area contributed by atoms with Gasteiger partial charge in [-0.15, -0.1) is 0 Å². The second-order valence-corrected chi connectivity index (χ2v) is 3.28. The number of amides is 1. The van der Waals surface area contributed by atoms with Gasteiger partial charge in [-0.3, -0.25) is 9.59 Å². The molecule has 1 aromatic carbocycles. The summed E-state index contributed by atoms with van der Waals surface area (Å²) in [6.07, 6.45) is 0.503. The molecule has 0 aliphatic heterocycles. The SMILES string of the molecule is COc1c(F)cc(NC(C)=O)c(C)c1C=O. The molecule has 1 N–H and O–H groups in total. The predicted molar refractivity (Wildman–Crippen MR) is 57.4 cm³/mol. The van der Waals surface area contributed by atoms with Crippen molar-refractivity contribution in [2.75, 3.05) is 12.4 Å². The number of halogens is 1. The van der Waals surface area contributed by atoms with Crippen molar-refractivity contribution in [2.45, 2.75) is 13.8 Å². The van der Waals surface area contributed by atoms with E-state index < -0.39 is 5.82 Å². The topological polar surface area (TPSA) is 55.4 Å². The van der Waals surface area contributed by atoms with Crippen molar-refractivity contribution in [1.82, 2.24) is 0 Å². The molecule has 0 saturated carbocycles. The zero-order chi connectivity index (χ0) is 12.3. The third-order valence-corrected chi connectivity index (χ3v) is 2.17. The summed E-state index contributed by atoms with van der Waals surface area (Å²) in [4.78, 5) is 21.7. The smallest absolute Gasteiger partial charge is 0.221 e. The molecule has 0 atom stereocenters. The van der Waals surface area contributed by atoms with E-state index in [9.17, 15) is 14.0 Å². The average molecular weight is 225 g/mol. The predicted octanol–water partition coefficient (Wildman–Crippen LogP) is 1.91. The van der Waals surface area contributed by atoms with Crippen molar-refractivity contribution in [3.05, 3.63) is 23.0 Å². The molecule has 0 fully saturated rings. The molecular formula is C11H12FNO3. The van der Waals surface area contributed by atoms with E-state index in [4.69, 9.17) is 4.74 Å². The van der Waals surface area contributed by atoms with E-state index in [1.165, 1.54) is 14.0 Å². The van der Waals surface area contributed by atoms with Crippen LogP contribution in [0.2, 0.25) is 0 Å². The van der Waals surface area contributed by atoms with Crippen LogP contribution < -0.4 is 10.1 Å². The lowest BCUT2D eigenvalue weighted by atomic mass is 10.1. The lowest BCUT2D eigenvalue weighted by Gasteiger charge is -2.12. The van der Waals surface area contributed by atoms with Crippen LogP contribution in [-0.2, 0) is 4.79 Å². The maximum absolute atomic E-state index is 13.5. The van der Waals surface area contributed by atoms with Gasteiger partial charge in [-0.25, -0.2) is 4.39 Å². The highest BCUT2D eigenvalue weighted by atomic mass is 19.1. The van der Waals surface area contributed by atoms with Crippen LogP contribution in [0.1, 0.15) is 22.8 Å². The Balaban J connectivity index is 3.39. The Hall–Kier alpha value is -1.91. The average Bonchev–Trinajstić information content (AvgIpc) is 2.21. The number of ether oxygens (including phenoxy) is 1. The first-order chi connectivity index (χ1) is 7.51. The molecule has 0 bridgehead atoms. The Morgan fingerprint density at radius 3 is 2.62 bits per heavy atom. The summed E-state index contributed by atoms with van der Waals surface area (Å²) in [5.74, 6) is -1.12. The van der Waals surface area contributed by atoms with Gasteiger partial charge in [0.25, 0.3) is 0 Å². The molecule has 0 aromatic heterocycles. The van der Waals surface area contributed by atoms with Gasteiger partial charge in [0.2, 0.25) is 5.91 Å². The number of rotatable bonds is 3. The van der Waals surface area contributed by atoms with E-state index in [0.29, 0.717) is 11.8 Å². The number of hydrogen-bond acceptors (Lipinski definition) is 3. The van der Waals surface area contributed by atoms with Gasteiger partial charge in [0.1, 0.15) is 0 Å². The monoisotopic (exact) mass is 225 g/mol. The molecule has 5 heteroatoms.